The average molecular weight is 470 g/mol. The Morgan fingerprint density at radius 3 is 2.50 bits per heavy atom. The number of hydrogen-bond acceptors (Lipinski definition) is 6. The van der Waals surface area contributed by atoms with Crippen molar-refractivity contribution in [2.75, 3.05) is 31.8 Å². The van der Waals surface area contributed by atoms with E-state index in [0.717, 1.165) is 4.31 Å². The van der Waals surface area contributed by atoms with E-state index < -0.39 is 28.5 Å². The highest BCUT2D eigenvalue weighted by molar-refractivity contribution is 9.10. The van der Waals surface area contributed by atoms with Crippen molar-refractivity contribution in [1.29, 1.82) is 0 Å². The second-order valence-corrected chi connectivity index (χ2v) is 9.16. The van der Waals surface area contributed by atoms with Crippen LogP contribution in [0.15, 0.2) is 45.8 Å². The maximum absolute atomic E-state index is 12.4. The number of carbonyl (C=O) groups excluding carboxylic acids is 2. The summed E-state index contributed by atoms with van der Waals surface area (Å²) in [4.78, 5) is 24.3. The monoisotopic (exact) mass is 469 g/mol. The molecule has 0 aliphatic rings. The summed E-state index contributed by atoms with van der Waals surface area (Å²) in [6.07, 6.45) is 0. The minimum atomic E-state index is -3.66. The highest BCUT2D eigenvalue weighted by atomic mass is 79.9. The molecule has 0 radical (unpaired) electrons. The van der Waals surface area contributed by atoms with Crippen LogP contribution >= 0.6 is 15.9 Å². The molecule has 10 heteroatoms. The zero-order valence-electron chi connectivity index (χ0n) is 15.5. The lowest BCUT2D eigenvalue weighted by molar-refractivity contribution is -0.119. The van der Waals surface area contributed by atoms with Crippen LogP contribution in [-0.4, -0.2) is 45.3 Å². The number of esters is 1. The van der Waals surface area contributed by atoms with Crippen molar-refractivity contribution in [2.24, 2.45) is 0 Å². The molecule has 2 aromatic rings. The maximum atomic E-state index is 12.4. The van der Waals surface area contributed by atoms with E-state index in [1.807, 2.05) is 0 Å². The van der Waals surface area contributed by atoms with E-state index in [1.165, 1.54) is 26.2 Å². The normalized spacial score (nSPS) is 11.3. The van der Waals surface area contributed by atoms with Gasteiger partial charge in [0.1, 0.15) is 0 Å². The number of benzene rings is 2. The van der Waals surface area contributed by atoms with E-state index in [1.54, 1.807) is 31.2 Å². The number of carbonyl (C=O) groups is 2. The third kappa shape index (κ3) is 5.09. The highest BCUT2D eigenvalue weighted by Gasteiger charge is 2.21. The van der Waals surface area contributed by atoms with Crippen LogP contribution in [0, 0.1) is 6.92 Å². The number of ether oxygens (including phenoxy) is 1. The summed E-state index contributed by atoms with van der Waals surface area (Å²) in [5, 5.41) is 2.51. The van der Waals surface area contributed by atoms with Crippen LogP contribution in [0.4, 0.5) is 11.4 Å². The second-order valence-electron chi connectivity index (χ2n) is 6.12. The molecule has 0 spiro atoms. The molecule has 8 nitrogen and oxygen atoms in total. The Labute approximate surface area is 171 Å². The molecule has 0 saturated carbocycles. The van der Waals surface area contributed by atoms with Crippen molar-refractivity contribution in [1.82, 2.24) is 4.31 Å². The minimum Gasteiger partial charge on any atom is -0.452 e. The summed E-state index contributed by atoms with van der Waals surface area (Å²) >= 11 is 3.23. The minimum absolute atomic E-state index is 0.0780. The fraction of sp³-hybridized carbons (Fsp3) is 0.222. The summed E-state index contributed by atoms with van der Waals surface area (Å²) in [6.45, 7) is 1.11. The topological polar surface area (TPSA) is 119 Å². The van der Waals surface area contributed by atoms with E-state index in [0.29, 0.717) is 10.0 Å². The van der Waals surface area contributed by atoms with Gasteiger partial charge in [-0.15, -0.1) is 0 Å². The Bertz CT molecular complexity index is 1020. The van der Waals surface area contributed by atoms with Crippen molar-refractivity contribution in [3.63, 3.8) is 0 Å². The van der Waals surface area contributed by atoms with Gasteiger partial charge in [-0.25, -0.2) is 17.5 Å². The van der Waals surface area contributed by atoms with E-state index in [-0.39, 0.29) is 21.8 Å². The predicted molar refractivity (Wildman–Crippen MR) is 110 cm³/mol. The Morgan fingerprint density at radius 1 is 1.18 bits per heavy atom. The van der Waals surface area contributed by atoms with Crippen LogP contribution in [0.3, 0.4) is 0 Å². The molecular weight excluding hydrogens is 450 g/mol. The first-order chi connectivity index (χ1) is 13.0. The van der Waals surface area contributed by atoms with E-state index in [9.17, 15) is 18.0 Å². The lowest BCUT2D eigenvalue weighted by atomic mass is 10.2. The number of amides is 1. The molecule has 0 atom stereocenters. The third-order valence-corrected chi connectivity index (χ3v) is 6.25. The fourth-order valence-electron chi connectivity index (χ4n) is 2.26. The number of nitrogens with two attached hydrogens (primary N) is 1. The van der Waals surface area contributed by atoms with Gasteiger partial charge < -0.3 is 15.8 Å². The van der Waals surface area contributed by atoms with Crippen LogP contribution < -0.4 is 11.1 Å². The molecular formula is C18H20BrN3O5S. The van der Waals surface area contributed by atoms with E-state index in [2.05, 4.69) is 21.2 Å². The number of aryl methyl sites for hydroxylation is 1. The fourth-order valence-corrected chi connectivity index (χ4v) is 3.77. The number of hydrogen-bond donors (Lipinski definition) is 2. The third-order valence-electron chi connectivity index (χ3n) is 3.80. The van der Waals surface area contributed by atoms with Crippen molar-refractivity contribution in [3.05, 3.63) is 52.0 Å². The number of nitrogens with one attached hydrogen (secondary N) is 1. The van der Waals surface area contributed by atoms with Gasteiger partial charge in [0.25, 0.3) is 5.91 Å². The number of anilines is 2. The SMILES string of the molecule is Cc1ccc(NC(=O)COC(=O)c2cc(Br)ccc2N)cc1S(=O)(=O)N(C)C. The molecule has 0 aliphatic heterocycles. The number of halogens is 1. The molecule has 1 amide bonds. The van der Waals surface area contributed by atoms with Gasteiger partial charge >= 0.3 is 5.97 Å². The lowest BCUT2D eigenvalue weighted by Crippen LogP contribution is -2.24. The van der Waals surface area contributed by atoms with Crippen molar-refractivity contribution in [2.45, 2.75) is 11.8 Å². The highest BCUT2D eigenvalue weighted by Crippen LogP contribution is 2.23. The molecule has 28 heavy (non-hydrogen) atoms. The van der Waals surface area contributed by atoms with E-state index >= 15 is 0 Å². The summed E-state index contributed by atoms with van der Waals surface area (Å²) in [5.74, 6) is -1.35. The zero-order chi connectivity index (χ0) is 21.1. The molecule has 0 aromatic heterocycles. The second kappa shape index (κ2) is 8.72. The largest absolute Gasteiger partial charge is 0.452 e. The number of nitrogen functional groups attached to an aromatic ring is 1. The number of nitrogens with zero attached hydrogens (tertiary/aromatic N) is 1. The van der Waals surface area contributed by atoms with Crippen LogP contribution in [0.5, 0.6) is 0 Å². The molecule has 0 bridgehead atoms. The summed E-state index contributed by atoms with van der Waals surface area (Å²) in [7, 11) is -0.811. The number of sulfonamides is 1. The summed E-state index contributed by atoms with van der Waals surface area (Å²) in [5.41, 5.74) is 6.91. The molecule has 0 unspecified atom stereocenters. The van der Waals surface area contributed by atoms with Gasteiger partial charge in [0.2, 0.25) is 10.0 Å². The summed E-state index contributed by atoms with van der Waals surface area (Å²) < 4.78 is 31.4. The zero-order valence-corrected chi connectivity index (χ0v) is 17.9. The molecule has 2 rings (SSSR count). The maximum Gasteiger partial charge on any atom is 0.340 e. The van der Waals surface area contributed by atoms with Crippen LogP contribution in [0.2, 0.25) is 0 Å². The van der Waals surface area contributed by atoms with Gasteiger partial charge in [-0.3, -0.25) is 4.79 Å². The van der Waals surface area contributed by atoms with Crippen molar-refractivity contribution < 1.29 is 22.7 Å². The van der Waals surface area contributed by atoms with Crippen LogP contribution in [0.25, 0.3) is 0 Å². The first kappa shape index (κ1) is 21.9. The molecule has 150 valence electrons. The lowest BCUT2D eigenvalue weighted by Gasteiger charge is -2.15. The van der Waals surface area contributed by atoms with Crippen molar-refractivity contribution in [3.8, 4) is 0 Å². The van der Waals surface area contributed by atoms with E-state index in [4.69, 9.17) is 10.5 Å². The molecule has 0 saturated heterocycles. The van der Waals surface area contributed by atoms with Gasteiger partial charge in [0.05, 0.1) is 10.5 Å². The van der Waals surface area contributed by atoms with Crippen LogP contribution in [0.1, 0.15) is 15.9 Å². The van der Waals surface area contributed by atoms with Gasteiger partial charge in [-0.1, -0.05) is 22.0 Å². The quantitative estimate of drug-likeness (QED) is 0.495. The Morgan fingerprint density at radius 2 is 1.86 bits per heavy atom. The smallest absolute Gasteiger partial charge is 0.340 e. The Hall–Kier alpha value is -2.43. The molecule has 2 aromatic carbocycles. The van der Waals surface area contributed by atoms with Gasteiger partial charge in [0.15, 0.2) is 6.61 Å². The molecule has 3 N–H and O–H groups in total. The Balaban J connectivity index is 2.08. The summed E-state index contributed by atoms with van der Waals surface area (Å²) in [6, 6.07) is 9.22. The standard InChI is InChI=1S/C18H20BrN3O5S/c1-11-4-6-13(9-16(11)28(25,26)22(2)3)21-17(23)10-27-18(24)14-8-12(19)5-7-15(14)20/h4-9H,10,20H2,1-3H3,(H,21,23). The van der Waals surface area contributed by atoms with Gasteiger partial charge in [-0.05, 0) is 42.8 Å². The van der Waals surface area contributed by atoms with Crippen molar-refractivity contribution >= 4 is 49.2 Å². The first-order valence-corrected chi connectivity index (χ1v) is 10.3. The molecule has 0 aliphatic carbocycles. The Kier molecular flexibility index (Phi) is 6.81. The van der Waals surface area contributed by atoms with Gasteiger partial charge in [-0.2, -0.15) is 0 Å². The van der Waals surface area contributed by atoms with Gasteiger partial charge in [0, 0.05) is 29.9 Å². The average Bonchev–Trinajstić information content (AvgIpc) is 2.63. The first-order valence-electron chi connectivity index (χ1n) is 8.07. The molecule has 0 fully saturated rings. The number of rotatable bonds is 6. The molecule has 0 heterocycles. The predicted octanol–water partition coefficient (Wildman–Crippen LogP) is 2.39. The van der Waals surface area contributed by atoms with Crippen LogP contribution in [-0.2, 0) is 19.6 Å².